The van der Waals surface area contributed by atoms with Gasteiger partial charge < -0.3 is 9.75 Å². The third-order valence-electron chi connectivity index (χ3n) is 2.12. The van der Waals surface area contributed by atoms with Crippen molar-refractivity contribution in [2.75, 3.05) is 13.2 Å². The molecule has 1 fully saturated rings. The lowest BCUT2D eigenvalue weighted by Crippen LogP contribution is -2.39. The van der Waals surface area contributed by atoms with Gasteiger partial charge in [-0.3, -0.25) is 0 Å². The van der Waals surface area contributed by atoms with E-state index in [1.807, 2.05) is 19.9 Å². The second-order valence-corrected chi connectivity index (χ2v) is 2.85. The first-order valence-corrected chi connectivity index (χ1v) is 4.00. The zero-order chi connectivity index (χ0) is 8.27. The zero-order valence-electron chi connectivity index (χ0n) is 7.21. The van der Waals surface area contributed by atoms with Crippen LogP contribution < -0.4 is 5.84 Å². The molecule has 1 saturated heterocycles. The first-order chi connectivity index (χ1) is 5.25. The predicted molar refractivity (Wildman–Crippen MR) is 44.7 cm³/mol. The molecule has 0 amide bonds. The van der Waals surface area contributed by atoms with E-state index in [1.54, 1.807) is 5.01 Å². The lowest BCUT2D eigenvalue weighted by atomic mass is 10.2. The molecule has 11 heavy (non-hydrogen) atoms. The Morgan fingerprint density at radius 1 is 1.73 bits per heavy atom. The molecule has 1 unspecified atom stereocenters. The summed E-state index contributed by atoms with van der Waals surface area (Å²) in [5.74, 6) is 5.82. The highest BCUT2D eigenvalue weighted by atomic mass is 16.5. The van der Waals surface area contributed by atoms with Crippen LogP contribution in [0.1, 0.15) is 20.3 Å². The van der Waals surface area contributed by atoms with Crippen molar-refractivity contribution in [2.45, 2.75) is 26.3 Å². The van der Waals surface area contributed by atoms with Crippen molar-refractivity contribution in [1.82, 2.24) is 5.01 Å². The van der Waals surface area contributed by atoms with Crippen molar-refractivity contribution >= 4 is 0 Å². The fourth-order valence-electron chi connectivity index (χ4n) is 1.18. The highest BCUT2D eigenvalue weighted by molar-refractivity contribution is 4.96. The predicted octanol–water partition coefficient (Wildman–Crippen LogP) is 0.875. The average Bonchev–Trinajstić information content (AvgIpc) is 2.53. The SMILES string of the molecule is C/C=C(\C)N(N)C1CCOC1. The summed E-state index contributed by atoms with van der Waals surface area (Å²) in [6.07, 6.45) is 3.06. The number of hydrogen-bond acceptors (Lipinski definition) is 3. The van der Waals surface area contributed by atoms with Crippen LogP contribution in [0.5, 0.6) is 0 Å². The summed E-state index contributed by atoms with van der Waals surface area (Å²) >= 11 is 0. The molecule has 0 radical (unpaired) electrons. The fraction of sp³-hybridized carbons (Fsp3) is 0.750. The number of rotatable bonds is 2. The lowest BCUT2D eigenvalue weighted by Gasteiger charge is -2.24. The van der Waals surface area contributed by atoms with Gasteiger partial charge in [0.1, 0.15) is 0 Å². The van der Waals surface area contributed by atoms with E-state index in [0.29, 0.717) is 6.04 Å². The van der Waals surface area contributed by atoms with E-state index < -0.39 is 0 Å². The molecule has 64 valence electrons. The molecule has 3 heteroatoms. The van der Waals surface area contributed by atoms with Crippen LogP contribution in [0.25, 0.3) is 0 Å². The smallest absolute Gasteiger partial charge is 0.0704 e. The molecule has 0 saturated carbocycles. The molecule has 1 heterocycles. The standard InChI is InChI=1S/C8H16N2O/c1-3-7(2)10(9)8-4-5-11-6-8/h3,8H,4-6,9H2,1-2H3/b7-3+. The van der Waals surface area contributed by atoms with Crippen LogP contribution in [0.4, 0.5) is 0 Å². The molecular formula is C8H16N2O. The summed E-state index contributed by atoms with van der Waals surface area (Å²) in [6.45, 7) is 5.61. The van der Waals surface area contributed by atoms with Crippen LogP contribution in [0, 0.1) is 0 Å². The molecule has 0 aromatic heterocycles. The van der Waals surface area contributed by atoms with Gasteiger partial charge in [-0.25, -0.2) is 5.84 Å². The molecule has 1 aliphatic heterocycles. The first-order valence-electron chi connectivity index (χ1n) is 4.00. The van der Waals surface area contributed by atoms with Crippen molar-refractivity contribution in [1.29, 1.82) is 0 Å². The second kappa shape index (κ2) is 3.74. The number of nitrogens with zero attached hydrogens (tertiary/aromatic N) is 1. The fourth-order valence-corrected chi connectivity index (χ4v) is 1.18. The molecule has 0 bridgehead atoms. The largest absolute Gasteiger partial charge is 0.379 e. The van der Waals surface area contributed by atoms with Gasteiger partial charge in [0.2, 0.25) is 0 Å². The number of allylic oxidation sites excluding steroid dienone is 2. The van der Waals surface area contributed by atoms with E-state index in [2.05, 4.69) is 0 Å². The molecule has 0 aliphatic carbocycles. The van der Waals surface area contributed by atoms with Crippen LogP contribution in [-0.4, -0.2) is 24.3 Å². The normalized spacial score (nSPS) is 25.7. The van der Waals surface area contributed by atoms with Gasteiger partial charge in [0.15, 0.2) is 0 Å². The van der Waals surface area contributed by atoms with Gasteiger partial charge in [0, 0.05) is 12.3 Å². The molecular weight excluding hydrogens is 140 g/mol. The minimum absolute atomic E-state index is 0.381. The van der Waals surface area contributed by atoms with E-state index in [9.17, 15) is 0 Å². The molecule has 2 N–H and O–H groups in total. The van der Waals surface area contributed by atoms with Crippen LogP contribution in [0.2, 0.25) is 0 Å². The van der Waals surface area contributed by atoms with Gasteiger partial charge in [0.25, 0.3) is 0 Å². The molecule has 1 aliphatic rings. The Hall–Kier alpha value is -0.540. The first kappa shape index (κ1) is 8.56. The molecule has 0 aromatic carbocycles. The minimum atomic E-state index is 0.381. The topological polar surface area (TPSA) is 38.5 Å². The van der Waals surface area contributed by atoms with Gasteiger partial charge in [-0.15, -0.1) is 0 Å². The summed E-state index contributed by atoms with van der Waals surface area (Å²) < 4.78 is 5.22. The Kier molecular flexibility index (Phi) is 2.91. The monoisotopic (exact) mass is 156 g/mol. The summed E-state index contributed by atoms with van der Waals surface area (Å²) in [5, 5.41) is 1.80. The summed E-state index contributed by atoms with van der Waals surface area (Å²) in [6, 6.07) is 0.381. The van der Waals surface area contributed by atoms with E-state index in [1.165, 1.54) is 0 Å². The van der Waals surface area contributed by atoms with E-state index >= 15 is 0 Å². The third-order valence-corrected chi connectivity index (χ3v) is 2.12. The molecule has 0 aromatic rings. The average molecular weight is 156 g/mol. The number of hydrazine groups is 1. The maximum atomic E-state index is 5.82. The van der Waals surface area contributed by atoms with Gasteiger partial charge in [0.05, 0.1) is 12.6 Å². The molecule has 1 rings (SSSR count). The van der Waals surface area contributed by atoms with Crippen LogP contribution in [-0.2, 0) is 4.74 Å². The van der Waals surface area contributed by atoms with Gasteiger partial charge in [-0.05, 0) is 20.3 Å². The summed E-state index contributed by atoms with van der Waals surface area (Å²) in [5.41, 5.74) is 1.11. The molecule has 0 spiro atoms. The summed E-state index contributed by atoms with van der Waals surface area (Å²) in [4.78, 5) is 0. The van der Waals surface area contributed by atoms with Crippen molar-refractivity contribution in [3.63, 3.8) is 0 Å². The highest BCUT2D eigenvalue weighted by Crippen LogP contribution is 2.12. The quantitative estimate of drug-likeness (QED) is 0.476. The van der Waals surface area contributed by atoms with Crippen molar-refractivity contribution in [3.05, 3.63) is 11.8 Å². The number of ether oxygens (including phenoxy) is 1. The van der Waals surface area contributed by atoms with Crippen molar-refractivity contribution < 1.29 is 4.74 Å². The van der Waals surface area contributed by atoms with Crippen LogP contribution in [0.15, 0.2) is 11.8 Å². The maximum absolute atomic E-state index is 5.82. The zero-order valence-corrected chi connectivity index (χ0v) is 7.21. The third kappa shape index (κ3) is 1.94. The molecule has 1 atom stereocenters. The van der Waals surface area contributed by atoms with Gasteiger partial charge >= 0.3 is 0 Å². The Balaban J connectivity index is 2.45. The Morgan fingerprint density at radius 3 is 2.91 bits per heavy atom. The minimum Gasteiger partial charge on any atom is -0.379 e. The number of hydrogen-bond donors (Lipinski definition) is 1. The number of nitrogens with two attached hydrogens (primary N) is 1. The Bertz CT molecular complexity index is 150. The van der Waals surface area contributed by atoms with Crippen molar-refractivity contribution in [3.8, 4) is 0 Å². The van der Waals surface area contributed by atoms with Crippen molar-refractivity contribution in [2.24, 2.45) is 5.84 Å². The lowest BCUT2D eigenvalue weighted by molar-refractivity contribution is 0.163. The molecule has 3 nitrogen and oxygen atoms in total. The van der Waals surface area contributed by atoms with Gasteiger partial charge in [-0.2, -0.15) is 0 Å². The Morgan fingerprint density at radius 2 is 2.45 bits per heavy atom. The van der Waals surface area contributed by atoms with Crippen LogP contribution in [0.3, 0.4) is 0 Å². The maximum Gasteiger partial charge on any atom is 0.0704 e. The van der Waals surface area contributed by atoms with Crippen LogP contribution >= 0.6 is 0 Å². The van der Waals surface area contributed by atoms with E-state index in [0.717, 1.165) is 25.3 Å². The Labute approximate surface area is 67.8 Å². The highest BCUT2D eigenvalue weighted by Gasteiger charge is 2.20. The second-order valence-electron chi connectivity index (χ2n) is 2.85. The van der Waals surface area contributed by atoms with Gasteiger partial charge in [-0.1, -0.05) is 6.08 Å². The van der Waals surface area contributed by atoms with E-state index in [-0.39, 0.29) is 0 Å². The summed E-state index contributed by atoms with van der Waals surface area (Å²) in [7, 11) is 0. The van der Waals surface area contributed by atoms with E-state index in [4.69, 9.17) is 10.6 Å².